The Morgan fingerprint density at radius 1 is 1.57 bits per heavy atom. The number of nitrogens with two attached hydrogens (primary N) is 2. The molecule has 3 nitrogen and oxygen atoms in total. The lowest BCUT2D eigenvalue weighted by Gasteiger charge is -2.11. The van der Waals surface area contributed by atoms with E-state index in [1.807, 2.05) is 0 Å². The first-order chi connectivity index (χ1) is 6.66. The molecule has 0 radical (unpaired) electrons. The predicted octanol–water partition coefficient (Wildman–Crippen LogP) is 1.60. The van der Waals surface area contributed by atoms with Crippen LogP contribution in [0.5, 0.6) is 0 Å². The zero-order valence-electron chi connectivity index (χ0n) is 7.91. The van der Waals surface area contributed by atoms with Gasteiger partial charge in [-0.1, -0.05) is 12.8 Å². The molecule has 1 aromatic heterocycles. The van der Waals surface area contributed by atoms with Crippen LogP contribution in [0.15, 0.2) is 12.3 Å². The number of nitrogens with zero attached hydrogens (tertiary/aromatic N) is 1. The Labute approximate surface area is 82.3 Å². The molecule has 2 rings (SSSR count). The second-order valence-corrected chi connectivity index (χ2v) is 3.93. The summed E-state index contributed by atoms with van der Waals surface area (Å²) in [7, 11) is 0. The van der Waals surface area contributed by atoms with E-state index in [1.54, 1.807) is 6.07 Å². The summed E-state index contributed by atoms with van der Waals surface area (Å²) in [4.78, 5) is 3.56. The third kappa shape index (κ3) is 2.01. The lowest BCUT2D eigenvalue weighted by Crippen LogP contribution is -2.12. The van der Waals surface area contributed by atoms with Crippen LogP contribution in [0.4, 0.5) is 10.1 Å². The summed E-state index contributed by atoms with van der Waals surface area (Å²) in [5.41, 5.74) is 12.3. The van der Waals surface area contributed by atoms with Crippen LogP contribution in [0.1, 0.15) is 30.9 Å². The molecule has 0 spiro atoms. The summed E-state index contributed by atoms with van der Waals surface area (Å²) >= 11 is 0. The van der Waals surface area contributed by atoms with Crippen LogP contribution in [-0.4, -0.2) is 4.98 Å². The van der Waals surface area contributed by atoms with Gasteiger partial charge in [-0.15, -0.1) is 0 Å². The van der Waals surface area contributed by atoms with E-state index in [0.29, 0.717) is 0 Å². The van der Waals surface area contributed by atoms with Gasteiger partial charge >= 0.3 is 0 Å². The number of pyridine rings is 1. The van der Waals surface area contributed by atoms with Gasteiger partial charge in [0.2, 0.25) is 5.95 Å². The molecule has 0 saturated heterocycles. The molecule has 76 valence electrons. The first-order valence-electron chi connectivity index (χ1n) is 4.83. The van der Waals surface area contributed by atoms with E-state index in [4.69, 9.17) is 11.5 Å². The van der Waals surface area contributed by atoms with Gasteiger partial charge in [0.1, 0.15) is 0 Å². The highest BCUT2D eigenvalue weighted by Crippen LogP contribution is 2.36. The van der Waals surface area contributed by atoms with Crippen LogP contribution < -0.4 is 11.5 Å². The molecule has 4 heteroatoms. The number of nitrogen functional groups attached to an aromatic ring is 1. The first kappa shape index (κ1) is 9.40. The largest absolute Gasteiger partial charge is 0.395 e. The van der Waals surface area contributed by atoms with Gasteiger partial charge in [-0.2, -0.15) is 4.39 Å². The highest BCUT2D eigenvalue weighted by molar-refractivity contribution is 5.39. The van der Waals surface area contributed by atoms with Crippen molar-refractivity contribution in [3.63, 3.8) is 0 Å². The van der Waals surface area contributed by atoms with Gasteiger partial charge in [0.25, 0.3) is 0 Å². The summed E-state index contributed by atoms with van der Waals surface area (Å²) in [6, 6.07) is 1.52. The molecule has 1 aromatic rings. The lowest BCUT2D eigenvalue weighted by atomic mass is 10.0. The van der Waals surface area contributed by atoms with E-state index in [1.165, 1.54) is 19.0 Å². The summed E-state index contributed by atoms with van der Waals surface area (Å²) in [6.45, 7) is 0. The monoisotopic (exact) mass is 195 g/mol. The molecule has 1 atom stereocenters. The maximum Gasteiger partial charge on any atom is 0.236 e. The number of aromatic nitrogens is 1. The third-order valence-corrected chi connectivity index (χ3v) is 2.60. The van der Waals surface area contributed by atoms with E-state index in [0.717, 1.165) is 17.9 Å². The molecular weight excluding hydrogens is 181 g/mol. The Morgan fingerprint density at radius 2 is 2.29 bits per heavy atom. The molecule has 1 heterocycles. The van der Waals surface area contributed by atoms with Crippen molar-refractivity contribution in [3.05, 3.63) is 23.8 Å². The van der Waals surface area contributed by atoms with Crippen molar-refractivity contribution < 1.29 is 4.39 Å². The second-order valence-electron chi connectivity index (χ2n) is 3.93. The van der Waals surface area contributed by atoms with E-state index < -0.39 is 5.95 Å². The average Bonchev–Trinajstić information content (AvgIpc) is 2.93. The molecule has 1 aliphatic carbocycles. The average molecular weight is 195 g/mol. The summed E-state index contributed by atoms with van der Waals surface area (Å²) in [5, 5.41) is 0. The fourth-order valence-electron chi connectivity index (χ4n) is 1.53. The Kier molecular flexibility index (Phi) is 2.37. The van der Waals surface area contributed by atoms with Gasteiger partial charge in [0, 0.05) is 12.2 Å². The minimum atomic E-state index is -0.618. The molecular formula is C10H14FN3. The van der Waals surface area contributed by atoms with Crippen molar-refractivity contribution >= 4 is 5.69 Å². The molecule has 0 aromatic carbocycles. The lowest BCUT2D eigenvalue weighted by molar-refractivity contribution is 0.571. The minimum Gasteiger partial charge on any atom is -0.395 e. The molecule has 4 N–H and O–H groups in total. The summed E-state index contributed by atoms with van der Waals surface area (Å²) < 4.78 is 12.8. The highest BCUT2D eigenvalue weighted by atomic mass is 19.1. The third-order valence-electron chi connectivity index (χ3n) is 2.60. The number of hydrogen-bond donors (Lipinski definition) is 2. The molecule has 1 saturated carbocycles. The highest BCUT2D eigenvalue weighted by Gasteiger charge is 2.24. The number of halogens is 1. The molecule has 0 unspecified atom stereocenters. The molecule has 0 amide bonds. The Hall–Kier alpha value is -1.16. The van der Waals surface area contributed by atoms with Crippen molar-refractivity contribution in [1.29, 1.82) is 0 Å². The zero-order valence-corrected chi connectivity index (χ0v) is 7.91. The van der Waals surface area contributed by atoms with Crippen LogP contribution in [0.25, 0.3) is 0 Å². The Balaban J connectivity index is 2.10. The van der Waals surface area contributed by atoms with E-state index >= 15 is 0 Å². The fraction of sp³-hybridized carbons (Fsp3) is 0.500. The van der Waals surface area contributed by atoms with Crippen molar-refractivity contribution in [2.24, 2.45) is 11.7 Å². The minimum absolute atomic E-state index is 0.0575. The molecule has 0 aliphatic heterocycles. The predicted molar refractivity (Wildman–Crippen MR) is 52.9 cm³/mol. The molecule has 1 fully saturated rings. The number of rotatable bonds is 3. The van der Waals surface area contributed by atoms with Crippen molar-refractivity contribution in [1.82, 2.24) is 4.98 Å². The topological polar surface area (TPSA) is 64.9 Å². The van der Waals surface area contributed by atoms with E-state index in [-0.39, 0.29) is 11.7 Å². The van der Waals surface area contributed by atoms with Gasteiger partial charge in [-0.3, -0.25) is 0 Å². The molecule has 0 bridgehead atoms. The smallest absolute Gasteiger partial charge is 0.236 e. The maximum atomic E-state index is 12.8. The normalized spacial score (nSPS) is 18.1. The van der Waals surface area contributed by atoms with Crippen LogP contribution in [0, 0.1) is 11.9 Å². The van der Waals surface area contributed by atoms with Crippen LogP contribution in [-0.2, 0) is 0 Å². The van der Waals surface area contributed by atoms with Gasteiger partial charge in [0.15, 0.2) is 0 Å². The van der Waals surface area contributed by atoms with E-state index in [2.05, 4.69) is 4.98 Å². The molecule has 1 aliphatic rings. The molecule has 14 heavy (non-hydrogen) atoms. The van der Waals surface area contributed by atoms with Crippen LogP contribution in [0.3, 0.4) is 0 Å². The standard InChI is InChI=1S/C10H14FN3/c11-10-9(13)4-7(5-14-10)8(12)3-6-1-2-6/h4-6,8H,1-3,12-13H2/t8-/m0/s1. The van der Waals surface area contributed by atoms with Crippen molar-refractivity contribution in [3.8, 4) is 0 Å². The van der Waals surface area contributed by atoms with Gasteiger partial charge in [-0.05, 0) is 24.0 Å². The van der Waals surface area contributed by atoms with Crippen molar-refractivity contribution in [2.75, 3.05) is 5.73 Å². The van der Waals surface area contributed by atoms with Gasteiger partial charge in [-0.25, -0.2) is 4.98 Å². The zero-order chi connectivity index (χ0) is 10.1. The van der Waals surface area contributed by atoms with E-state index in [9.17, 15) is 4.39 Å². The quantitative estimate of drug-likeness (QED) is 0.720. The fourth-order valence-corrected chi connectivity index (χ4v) is 1.53. The van der Waals surface area contributed by atoms with Crippen LogP contribution in [0.2, 0.25) is 0 Å². The Bertz CT molecular complexity index is 336. The SMILES string of the molecule is Nc1cc([C@@H](N)CC2CC2)cnc1F. The second kappa shape index (κ2) is 3.53. The van der Waals surface area contributed by atoms with Crippen molar-refractivity contribution in [2.45, 2.75) is 25.3 Å². The maximum absolute atomic E-state index is 12.8. The summed E-state index contributed by atoms with van der Waals surface area (Å²) in [6.07, 6.45) is 4.95. The first-order valence-corrected chi connectivity index (χ1v) is 4.83. The van der Waals surface area contributed by atoms with Gasteiger partial charge < -0.3 is 11.5 Å². The number of hydrogen-bond acceptors (Lipinski definition) is 3. The summed E-state index contributed by atoms with van der Waals surface area (Å²) in [5.74, 6) is 0.128. The number of anilines is 1. The Morgan fingerprint density at radius 3 is 2.86 bits per heavy atom. The van der Waals surface area contributed by atoms with Gasteiger partial charge in [0.05, 0.1) is 5.69 Å². The van der Waals surface area contributed by atoms with Crippen LogP contribution >= 0.6 is 0 Å².